The van der Waals surface area contributed by atoms with E-state index >= 15 is 0 Å². The smallest absolute Gasteiger partial charge is 0.306 e. The summed E-state index contributed by atoms with van der Waals surface area (Å²) < 4.78 is 13.4. The Morgan fingerprint density at radius 1 is 1.15 bits per heavy atom. The lowest BCUT2D eigenvalue weighted by molar-refractivity contribution is -0.387. The van der Waals surface area contributed by atoms with Gasteiger partial charge in [0.15, 0.2) is 0 Å². The molecule has 7 nitrogen and oxygen atoms in total. The van der Waals surface area contributed by atoms with Gasteiger partial charge in [-0.2, -0.15) is 4.39 Å². The minimum Gasteiger partial charge on any atom is -0.357 e. The second-order valence-electron chi connectivity index (χ2n) is 6.18. The van der Waals surface area contributed by atoms with E-state index in [1.807, 2.05) is 0 Å². The zero-order chi connectivity index (χ0) is 18.5. The van der Waals surface area contributed by atoms with E-state index in [1.165, 1.54) is 25.1 Å². The topological polar surface area (TPSA) is 88.4 Å². The summed E-state index contributed by atoms with van der Waals surface area (Å²) in [5, 5.41) is 13.3. The lowest BCUT2D eigenvalue weighted by atomic mass is 10.2. The van der Waals surface area contributed by atoms with Crippen LogP contribution in [0.5, 0.6) is 0 Å². The minimum atomic E-state index is -0.948. The van der Waals surface area contributed by atoms with Gasteiger partial charge in [-0.15, -0.1) is 0 Å². The highest BCUT2D eigenvalue weighted by Crippen LogP contribution is 2.22. The monoisotopic (exact) mass is 358 g/mol. The normalized spacial score (nSPS) is 14.6. The van der Waals surface area contributed by atoms with Gasteiger partial charge < -0.3 is 10.2 Å². The van der Waals surface area contributed by atoms with Crippen LogP contribution in [0.15, 0.2) is 36.5 Å². The summed E-state index contributed by atoms with van der Waals surface area (Å²) in [6, 6.07) is 6.69. The molecule has 0 radical (unpaired) electrons. The molecule has 3 rings (SSSR count). The van der Waals surface area contributed by atoms with Crippen molar-refractivity contribution in [1.82, 2.24) is 4.98 Å². The molecule has 1 aliphatic heterocycles. The Morgan fingerprint density at radius 3 is 2.50 bits per heavy atom. The Balaban J connectivity index is 1.70. The van der Waals surface area contributed by atoms with Crippen LogP contribution in [0.4, 0.5) is 21.6 Å². The van der Waals surface area contributed by atoms with Crippen LogP contribution in [0, 0.1) is 15.9 Å². The summed E-state index contributed by atoms with van der Waals surface area (Å²) in [6.45, 7) is 1.91. The average Bonchev–Trinajstić information content (AvgIpc) is 2.92. The van der Waals surface area contributed by atoms with Crippen molar-refractivity contribution in [1.29, 1.82) is 0 Å². The summed E-state index contributed by atoms with van der Waals surface area (Å²) in [4.78, 5) is 28.8. The van der Waals surface area contributed by atoms with E-state index in [9.17, 15) is 19.3 Å². The molecule has 1 aliphatic rings. The number of benzene rings is 1. The molecule has 0 spiro atoms. The summed E-state index contributed by atoms with van der Waals surface area (Å²) >= 11 is 0. The van der Waals surface area contributed by atoms with E-state index < -0.39 is 22.3 Å². The molecule has 0 unspecified atom stereocenters. The van der Waals surface area contributed by atoms with E-state index in [4.69, 9.17) is 0 Å². The van der Waals surface area contributed by atoms with Gasteiger partial charge in [-0.1, -0.05) is 12.8 Å². The molecule has 1 amide bonds. The van der Waals surface area contributed by atoms with Gasteiger partial charge in [0.1, 0.15) is 5.82 Å². The molecular weight excluding hydrogens is 339 g/mol. The average molecular weight is 358 g/mol. The Morgan fingerprint density at radius 2 is 1.88 bits per heavy atom. The molecule has 0 bridgehead atoms. The number of rotatable bonds is 4. The van der Waals surface area contributed by atoms with Crippen molar-refractivity contribution >= 4 is 23.1 Å². The zero-order valence-corrected chi connectivity index (χ0v) is 14.2. The number of nitrogens with one attached hydrogen (secondary N) is 1. The first-order valence-corrected chi connectivity index (χ1v) is 8.51. The number of hydrogen-bond acceptors (Lipinski definition) is 5. The number of nitro benzene ring substituents is 1. The maximum Gasteiger partial charge on any atom is 0.306 e. The van der Waals surface area contributed by atoms with Crippen molar-refractivity contribution in [3.63, 3.8) is 0 Å². The standard InChI is InChI=1S/C18H19FN4O3/c19-15-7-6-14(11-16(15)23(25)26)21-18(24)13-5-8-17(20-12-13)22-9-3-1-2-4-10-22/h5-8,11-12H,1-4,9-10H2,(H,21,24). The second kappa shape index (κ2) is 7.90. The minimum absolute atomic E-state index is 0.152. The van der Waals surface area contributed by atoms with Gasteiger partial charge in [-0.25, -0.2) is 4.98 Å². The molecule has 8 heteroatoms. The van der Waals surface area contributed by atoms with Crippen LogP contribution in [0.2, 0.25) is 0 Å². The largest absolute Gasteiger partial charge is 0.357 e. The van der Waals surface area contributed by atoms with E-state index in [2.05, 4.69) is 15.2 Å². The highest BCUT2D eigenvalue weighted by molar-refractivity contribution is 6.04. The van der Waals surface area contributed by atoms with Gasteiger partial charge in [0, 0.05) is 31.0 Å². The predicted molar refractivity (Wildman–Crippen MR) is 95.9 cm³/mol. The van der Waals surface area contributed by atoms with E-state index in [0.717, 1.165) is 43.9 Å². The zero-order valence-electron chi connectivity index (χ0n) is 14.2. The molecule has 2 heterocycles. The number of amides is 1. The van der Waals surface area contributed by atoms with Crippen LogP contribution in [0.1, 0.15) is 36.0 Å². The van der Waals surface area contributed by atoms with Crippen LogP contribution >= 0.6 is 0 Å². The van der Waals surface area contributed by atoms with Gasteiger partial charge in [-0.05, 0) is 37.1 Å². The van der Waals surface area contributed by atoms with Crippen LogP contribution in [0.3, 0.4) is 0 Å². The third kappa shape index (κ3) is 4.14. The summed E-state index contributed by atoms with van der Waals surface area (Å²) in [5.74, 6) is -0.571. The molecule has 26 heavy (non-hydrogen) atoms. The molecule has 1 saturated heterocycles. The highest BCUT2D eigenvalue weighted by atomic mass is 19.1. The van der Waals surface area contributed by atoms with Gasteiger partial charge in [0.25, 0.3) is 5.91 Å². The number of aromatic nitrogens is 1. The van der Waals surface area contributed by atoms with Gasteiger partial charge in [-0.3, -0.25) is 14.9 Å². The number of carbonyl (C=O) groups is 1. The Kier molecular flexibility index (Phi) is 5.40. The fourth-order valence-electron chi connectivity index (χ4n) is 2.94. The predicted octanol–water partition coefficient (Wildman–Crippen LogP) is 3.76. The van der Waals surface area contributed by atoms with Gasteiger partial charge in [0.05, 0.1) is 10.5 Å². The van der Waals surface area contributed by atoms with Crippen molar-refractivity contribution < 1.29 is 14.1 Å². The van der Waals surface area contributed by atoms with E-state index in [-0.39, 0.29) is 5.69 Å². The number of hydrogen-bond donors (Lipinski definition) is 1. The highest BCUT2D eigenvalue weighted by Gasteiger charge is 2.16. The van der Waals surface area contributed by atoms with Gasteiger partial charge >= 0.3 is 5.69 Å². The van der Waals surface area contributed by atoms with Gasteiger partial charge in [0.2, 0.25) is 5.82 Å². The van der Waals surface area contributed by atoms with Crippen molar-refractivity contribution in [2.24, 2.45) is 0 Å². The lowest BCUT2D eigenvalue weighted by Gasteiger charge is -2.21. The van der Waals surface area contributed by atoms with Crippen molar-refractivity contribution in [3.05, 3.63) is 58.0 Å². The first-order chi connectivity index (χ1) is 12.5. The number of anilines is 2. The van der Waals surface area contributed by atoms with Crippen molar-refractivity contribution in [3.8, 4) is 0 Å². The number of halogens is 1. The number of nitrogens with zero attached hydrogens (tertiary/aromatic N) is 3. The fourth-order valence-corrected chi connectivity index (χ4v) is 2.94. The molecule has 0 saturated carbocycles. The molecule has 1 aromatic carbocycles. The lowest BCUT2D eigenvalue weighted by Crippen LogP contribution is -2.25. The number of nitro groups is 1. The third-order valence-corrected chi connectivity index (χ3v) is 4.34. The molecule has 0 aliphatic carbocycles. The fraction of sp³-hybridized carbons (Fsp3) is 0.333. The molecule has 2 aromatic rings. The van der Waals surface area contributed by atoms with Crippen LogP contribution in [0.25, 0.3) is 0 Å². The molecule has 136 valence electrons. The SMILES string of the molecule is O=C(Nc1ccc(F)c([N+](=O)[O-])c1)c1ccc(N2CCCCCC2)nc1. The number of carbonyl (C=O) groups excluding carboxylic acids is 1. The second-order valence-corrected chi connectivity index (χ2v) is 6.18. The van der Waals surface area contributed by atoms with E-state index in [1.54, 1.807) is 12.1 Å². The first-order valence-electron chi connectivity index (χ1n) is 8.51. The first kappa shape index (κ1) is 17.8. The van der Waals surface area contributed by atoms with Crippen LogP contribution < -0.4 is 10.2 Å². The Hall–Kier alpha value is -3.03. The Labute approximate surface area is 150 Å². The Bertz CT molecular complexity index is 803. The van der Waals surface area contributed by atoms with E-state index in [0.29, 0.717) is 5.56 Å². The molecule has 1 fully saturated rings. The van der Waals surface area contributed by atoms with Crippen LogP contribution in [-0.2, 0) is 0 Å². The number of pyridine rings is 1. The maximum absolute atomic E-state index is 13.4. The molecule has 0 atom stereocenters. The third-order valence-electron chi connectivity index (χ3n) is 4.34. The molecule has 1 aromatic heterocycles. The van der Waals surface area contributed by atoms with Crippen molar-refractivity contribution in [2.45, 2.75) is 25.7 Å². The summed E-state index contributed by atoms with van der Waals surface area (Å²) in [7, 11) is 0. The summed E-state index contributed by atoms with van der Waals surface area (Å²) in [5.41, 5.74) is -0.201. The van der Waals surface area contributed by atoms with Crippen LogP contribution in [-0.4, -0.2) is 28.9 Å². The molecular formula is C18H19FN4O3. The van der Waals surface area contributed by atoms with Crippen molar-refractivity contribution in [2.75, 3.05) is 23.3 Å². The maximum atomic E-state index is 13.4. The molecule has 1 N–H and O–H groups in total. The quantitative estimate of drug-likeness (QED) is 0.664. The summed E-state index contributed by atoms with van der Waals surface area (Å²) in [6.07, 6.45) is 6.19.